The summed E-state index contributed by atoms with van der Waals surface area (Å²) in [6.07, 6.45) is 3.53. The van der Waals surface area contributed by atoms with E-state index < -0.39 is 10.0 Å². The molecule has 1 N–H and O–H groups in total. The second-order valence-electron chi connectivity index (χ2n) is 5.81. The van der Waals surface area contributed by atoms with Gasteiger partial charge in [-0.25, -0.2) is 8.42 Å². The predicted molar refractivity (Wildman–Crippen MR) is 97.7 cm³/mol. The normalized spacial score (nSPS) is 11.4. The lowest BCUT2D eigenvalue weighted by atomic mass is 10.1. The maximum atomic E-state index is 12.7. The Morgan fingerprint density at radius 3 is 2.44 bits per heavy atom. The zero-order valence-corrected chi connectivity index (χ0v) is 15.0. The van der Waals surface area contributed by atoms with Gasteiger partial charge in [-0.3, -0.25) is 4.72 Å². The fourth-order valence-electron chi connectivity index (χ4n) is 2.62. The van der Waals surface area contributed by atoms with Crippen LogP contribution in [0.15, 0.2) is 59.8 Å². The van der Waals surface area contributed by atoms with Crippen LogP contribution in [0.4, 0.5) is 5.69 Å². The van der Waals surface area contributed by atoms with E-state index in [1.807, 2.05) is 31.3 Å². The Morgan fingerprint density at radius 2 is 1.80 bits per heavy atom. The van der Waals surface area contributed by atoms with Crippen molar-refractivity contribution in [3.05, 3.63) is 60.4 Å². The van der Waals surface area contributed by atoms with E-state index in [1.165, 1.54) is 0 Å². The van der Waals surface area contributed by atoms with Gasteiger partial charge in [-0.05, 0) is 36.2 Å². The summed E-state index contributed by atoms with van der Waals surface area (Å²) in [6.45, 7) is 2.09. The molecule has 0 unspecified atom stereocenters. The number of rotatable bonds is 6. The summed E-state index contributed by atoms with van der Waals surface area (Å²) in [4.78, 5) is 0.236. The van der Waals surface area contributed by atoms with E-state index >= 15 is 0 Å². The van der Waals surface area contributed by atoms with E-state index in [4.69, 9.17) is 0 Å². The van der Waals surface area contributed by atoms with Crippen LogP contribution in [0, 0.1) is 0 Å². The zero-order chi connectivity index (χ0) is 17.9. The Bertz CT molecular complexity index is 963. The first-order chi connectivity index (χ1) is 12.0. The number of para-hydroxylation sites is 1. The van der Waals surface area contributed by atoms with Crippen LogP contribution in [0.1, 0.15) is 18.9 Å². The van der Waals surface area contributed by atoms with Gasteiger partial charge >= 0.3 is 0 Å². The van der Waals surface area contributed by atoms with Gasteiger partial charge < -0.3 is 4.57 Å². The van der Waals surface area contributed by atoms with Gasteiger partial charge in [0.05, 0.1) is 10.6 Å². The van der Waals surface area contributed by atoms with Crippen molar-refractivity contribution in [3.8, 4) is 11.4 Å². The average Bonchev–Trinajstić information content (AvgIpc) is 3.02. The molecule has 0 saturated carbocycles. The Labute approximate surface area is 147 Å². The van der Waals surface area contributed by atoms with E-state index in [1.54, 1.807) is 35.2 Å². The number of aryl methyl sites for hydroxylation is 2. The van der Waals surface area contributed by atoms with Gasteiger partial charge in [0.1, 0.15) is 6.33 Å². The average molecular weight is 356 g/mol. The molecule has 3 aromatic rings. The molecule has 0 aliphatic rings. The van der Waals surface area contributed by atoms with Crippen LogP contribution in [0.3, 0.4) is 0 Å². The molecule has 0 radical (unpaired) electrons. The first kappa shape index (κ1) is 17.2. The minimum atomic E-state index is -3.68. The van der Waals surface area contributed by atoms with Crippen molar-refractivity contribution in [2.75, 3.05) is 4.72 Å². The molecular weight excluding hydrogens is 336 g/mol. The summed E-state index contributed by atoms with van der Waals surface area (Å²) in [5.41, 5.74) is 2.27. The fraction of sp³-hybridized carbons (Fsp3) is 0.222. The second kappa shape index (κ2) is 7.06. The molecule has 6 nitrogen and oxygen atoms in total. The quantitative estimate of drug-likeness (QED) is 0.735. The van der Waals surface area contributed by atoms with Crippen molar-refractivity contribution < 1.29 is 8.42 Å². The fourth-order valence-corrected chi connectivity index (χ4v) is 3.70. The Kier molecular flexibility index (Phi) is 4.85. The van der Waals surface area contributed by atoms with Gasteiger partial charge in [-0.15, -0.1) is 10.2 Å². The highest BCUT2D eigenvalue weighted by Crippen LogP contribution is 2.27. The lowest BCUT2D eigenvalue weighted by molar-refractivity contribution is 0.601. The van der Waals surface area contributed by atoms with Gasteiger partial charge in [0.25, 0.3) is 10.0 Å². The van der Waals surface area contributed by atoms with Crippen LogP contribution in [0.2, 0.25) is 0 Å². The minimum Gasteiger partial charge on any atom is -0.317 e. The summed E-state index contributed by atoms with van der Waals surface area (Å²) < 4.78 is 29.9. The van der Waals surface area contributed by atoms with Crippen LogP contribution in [0.5, 0.6) is 0 Å². The van der Waals surface area contributed by atoms with Gasteiger partial charge in [0, 0.05) is 12.6 Å². The number of benzene rings is 2. The standard InChI is InChI=1S/C18H20N4O2S/c1-3-6-14-9-11-15(12-10-14)25(23,24)21-17-8-5-4-7-16(17)18-20-19-13-22(18)2/h4-5,7-13,21H,3,6H2,1-2H3. The molecule has 7 heteroatoms. The molecule has 0 saturated heterocycles. The number of aromatic nitrogens is 3. The van der Waals surface area contributed by atoms with Crippen molar-refractivity contribution in [1.82, 2.24) is 14.8 Å². The molecule has 25 heavy (non-hydrogen) atoms. The molecule has 0 aliphatic heterocycles. The van der Waals surface area contributed by atoms with E-state index in [2.05, 4.69) is 21.8 Å². The van der Waals surface area contributed by atoms with Gasteiger partial charge in [-0.1, -0.05) is 37.6 Å². The first-order valence-electron chi connectivity index (χ1n) is 8.06. The molecule has 2 aromatic carbocycles. The second-order valence-corrected chi connectivity index (χ2v) is 7.49. The zero-order valence-electron chi connectivity index (χ0n) is 14.2. The molecule has 3 rings (SSSR count). The van der Waals surface area contributed by atoms with Crippen LogP contribution in [-0.2, 0) is 23.5 Å². The third-order valence-electron chi connectivity index (χ3n) is 3.90. The van der Waals surface area contributed by atoms with Crippen molar-refractivity contribution in [2.45, 2.75) is 24.7 Å². The predicted octanol–water partition coefficient (Wildman–Crippen LogP) is 3.24. The molecule has 130 valence electrons. The lowest BCUT2D eigenvalue weighted by Crippen LogP contribution is -2.14. The molecule has 0 amide bonds. The first-order valence-corrected chi connectivity index (χ1v) is 9.54. The number of anilines is 1. The molecule has 0 fully saturated rings. The third-order valence-corrected chi connectivity index (χ3v) is 5.28. The minimum absolute atomic E-state index is 0.236. The largest absolute Gasteiger partial charge is 0.317 e. The van der Waals surface area contributed by atoms with E-state index in [9.17, 15) is 8.42 Å². The maximum Gasteiger partial charge on any atom is 0.261 e. The highest BCUT2D eigenvalue weighted by atomic mass is 32.2. The smallest absolute Gasteiger partial charge is 0.261 e. The van der Waals surface area contributed by atoms with Gasteiger partial charge in [0.15, 0.2) is 5.82 Å². The Balaban J connectivity index is 1.93. The number of hydrogen-bond donors (Lipinski definition) is 1. The van der Waals surface area contributed by atoms with Crippen LogP contribution in [-0.4, -0.2) is 23.2 Å². The van der Waals surface area contributed by atoms with Crippen molar-refractivity contribution in [2.24, 2.45) is 7.05 Å². The summed E-state index contributed by atoms with van der Waals surface area (Å²) in [6, 6.07) is 14.1. The number of sulfonamides is 1. The molecule has 0 bridgehead atoms. The van der Waals surface area contributed by atoms with Gasteiger partial charge in [-0.2, -0.15) is 0 Å². The van der Waals surface area contributed by atoms with Crippen molar-refractivity contribution >= 4 is 15.7 Å². The molecule has 0 spiro atoms. The van der Waals surface area contributed by atoms with E-state index in [0.717, 1.165) is 18.4 Å². The number of nitrogens with zero attached hydrogens (tertiary/aromatic N) is 3. The van der Waals surface area contributed by atoms with Crippen molar-refractivity contribution in [1.29, 1.82) is 0 Å². The monoisotopic (exact) mass is 356 g/mol. The van der Waals surface area contributed by atoms with Crippen LogP contribution >= 0.6 is 0 Å². The lowest BCUT2D eigenvalue weighted by Gasteiger charge is -2.12. The molecular formula is C18H20N4O2S. The van der Waals surface area contributed by atoms with E-state index in [0.29, 0.717) is 17.1 Å². The summed E-state index contributed by atoms with van der Waals surface area (Å²) >= 11 is 0. The summed E-state index contributed by atoms with van der Waals surface area (Å²) in [5, 5.41) is 7.92. The number of hydrogen-bond acceptors (Lipinski definition) is 4. The Hall–Kier alpha value is -2.67. The SMILES string of the molecule is CCCc1ccc(S(=O)(=O)Nc2ccccc2-c2nncn2C)cc1. The molecule has 1 heterocycles. The Morgan fingerprint density at radius 1 is 1.08 bits per heavy atom. The summed E-state index contributed by atoms with van der Waals surface area (Å²) in [7, 11) is -1.87. The molecule has 0 atom stereocenters. The van der Waals surface area contributed by atoms with Gasteiger partial charge in [0.2, 0.25) is 0 Å². The van der Waals surface area contributed by atoms with Crippen molar-refractivity contribution in [3.63, 3.8) is 0 Å². The summed E-state index contributed by atoms with van der Waals surface area (Å²) in [5.74, 6) is 0.594. The van der Waals surface area contributed by atoms with Crippen LogP contribution in [0.25, 0.3) is 11.4 Å². The third kappa shape index (κ3) is 3.71. The molecule has 1 aromatic heterocycles. The number of nitrogens with one attached hydrogen (secondary N) is 1. The highest BCUT2D eigenvalue weighted by molar-refractivity contribution is 7.92. The van der Waals surface area contributed by atoms with E-state index in [-0.39, 0.29) is 4.90 Å². The molecule has 0 aliphatic carbocycles. The highest BCUT2D eigenvalue weighted by Gasteiger charge is 2.18. The topological polar surface area (TPSA) is 76.9 Å². The maximum absolute atomic E-state index is 12.7. The van der Waals surface area contributed by atoms with Crippen LogP contribution < -0.4 is 4.72 Å².